The van der Waals surface area contributed by atoms with Crippen molar-refractivity contribution < 1.29 is 18.1 Å². The van der Waals surface area contributed by atoms with Gasteiger partial charge in [0.1, 0.15) is 10.6 Å². The van der Waals surface area contributed by atoms with E-state index in [4.69, 9.17) is 5.73 Å². The molecule has 3 aromatic rings. The van der Waals surface area contributed by atoms with Crippen LogP contribution >= 0.6 is 0 Å². The highest BCUT2D eigenvalue weighted by molar-refractivity contribution is 7.86. The highest BCUT2D eigenvalue weighted by Crippen LogP contribution is 2.41. The van der Waals surface area contributed by atoms with Gasteiger partial charge in [0.2, 0.25) is 0 Å². The summed E-state index contributed by atoms with van der Waals surface area (Å²) < 4.78 is 32.8. The maximum Gasteiger partial charge on any atom is 0.298 e. The smallest absolute Gasteiger partial charge is 0.298 e. The third-order valence-electron chi connectivity index (χ3n) is 3.49. The number of phenolic OH excluding ortho intramolecular Hbond substituents is 1. The Morgan fingerprint density at radius 2 is 1.59 bits per heavy atom. The molecule has 3 aromatic carbocycles. The van der Waals surface area contributed by atoms with Crippen LogP contribution in [0, 0.1) is 0 Å². The molecule has 0 heterocycles. The zero-order valence-corrected chi connectivity index (χ0v) is 12.2. The Hall–Kier alpha value is -2.57. The Morgan fingerprint density at radius 3 is 2.32 bits per heavy atom. The van der Waals surface area contributed by atoms with Crippen LogP contribution in [-0.4, -0.2) is 18.1 Å². The van der Waals surface area contributed by atoms with Crippen molar-refractivity contribution in [3.8, 4) is 16.9 Å². The molecule has 5 nitrogen and oxygen atoms in total. The van der Waals surface area contributed by atoms with Gasteiger partial charge in [0.25, 0.3) is 10.1 Å². The Labute approximate surface area is 127 Å². The van der Waals surface area contributed by atoms with Gasteiger partial charge in [-0.1, -0.05) is 42.5 Å². The number of fused-ring (bicyclic) bond motifs is 1. The van der Waals surface area contributed by atoms with Crippen LogP contribution in [0.25, 0.3) is 21.9 Å². The van der Waals surface area contributed by atoms with E-state index in [1.165, 1.54) is 6.07 Å². The van der Waals surface area contributed by atoms with Crippen molar-refractivity contribution in [1.82, 2.24) is 0 Å². The van der Waals surface area contributed by atoms with Crippen LogP contribution < -0.4 is 5.73 Å². The van der Waals surface area contributed by atoms with Crippen molar-refractivity contribution in [2.24, 2.45) is 0 Å². The molecule has 0 bridgehead atoms. The number of benzene rings is 3. The monoisotopic (exact) mass is 315 g/mol. The predicted octanol–water partition coefficient (Wildman–Crippen LogP) is 3.04. The van der Waals surface area contributed by atoms with Crippen molar-refractivity contribution >= 4 is 26.6 Å². The van der Waals surface area contributed by atoms with Gasteiger partial charge in [-0.05, 0) is 28.5 Å². The lowest BCUT2D eigenvalue weighted by Crippen LogP contribution is -2.04. The van der Waals surface area contributed by atoms with Crippen molar-refractivity contribution in [2.75, 3.05) is 5.73 Å². The lowest BCUT2D eigenvalue weighted by Gasteiger charge is -2.14. The van der Waals surface area contributed by atoms with E-state index in [1.807, 2.05) is 30.3 Å². The van der Waals surface area contributed by atoms with Crippen molar-refractivity contribution in [2.45, 2.75) is 4.90 Å². The summed E-state index contributed by atoms with van der Waals surface area (Å²) in [6.45, 7) is 0. The van der Waals surface area contributed by atoms with E-state index in [-0.39, 0.29) is 11.3 Å². The lowest BCUT2D eigenvalue weighted by molar-refractivity contribution is 0.444. The zero-order valence-electron chi connectivity index (χ0n) is 11.4. The van der Waals surface area contributed by atoms with Gasteiger partial charge in [-0.15, -0.1) is 0 Å². The average molecular weight is 315 g/mol. The first-order valence-corrected chi connectivity index (χ1v) is 7.90. The second-order valence-electron chi connectivity index (χ2n) is 4.88. The van der Waals surface area contributed by atoms with Gasteiger partial charge in [-0.25, -0.2) is 0 Å². The molecule has 0 saturated carbocycles. The summed E-state index contributed by atoms with van der Waals surface area (Å²) in [7, 11) is -4.63. The Bertz CT molecular complexity index is 975. The summed E-state index contributed by atoms with van der Waals surface area (Å²) in [4.78, 5) is -0.580. The normalized spacial score (nSPS) is 11.7. The summed E-state index contributed by atoms with van der Waals surface area (Å²) >= 11 is 0. The maximum atomic E-state index is 11.7. The number of aromatic hydroxyl groups is 1. The van der Waals surface area contributed by atoms with Gasteiger partial charge in [-0.2, -0.15) is 8.42 Å². The molecule has 112 valence electrons. The first-order chi connectivity index (χ1) is 10.4. The number of hydrogen-bond acceptors (Lipinski definition) is 4. The van der Waals surface area contributed by atoms with E-state index in [9.17, 15) is 18.1 Å². The van der Waals surface area contributed by atoms with E-state index in [0.29, 0.717) is 5.56 Å². The second-order valence-corrected chi connectivity index (χ2v) is 6.24. The molecule has 0 fully saturated rings. The maximum absolute atomic E-state index is 11.7. The molecule has 0 aliphatic rings. The first-order valence-electron chi connectivity index (χ1n) is 6.46. The topological polar surface area (TPSA) is 101 Å². The van der Waals surface area contributed by atoms with Crippen LogP contribution in [-0.2, 0) is 10.1 Å². The van der Waals surface area contributed by atoms with Crippen LogP contribution in [0.5, 0.6) is 5.75 Å². The fraction of sp³-hybridized carbons (Fsp3) is 0. The summed E-state index contributed by atoms with van der Waals surface area (Å²) in [6, 6.07) is 15.3. The molecule has 3 rings (SSSR count). The van der Waals surface area contributed by atoms with Gasteiger partial charge >= 0.3 is 0 Å². The fourth-order valence-electron chi connectivity index (χ4n) is 2.57. The number of nitrogens with two attached hydrogens (primary N) is 1. The fourth-order valence-corrected chi connectivity index (χ4v) is 3.39. The number of rotatable bonds is 2. The summed E-state index contributed by atoms with van der Waals surface area (Å²) in [6.07, 6.45) is 0. The van der Waals surface area contributed by atoms with E-state index >= 15 is 0 Å². The highest BCUT2D eigenvalue weighted by atomic mass is 32.2. The van der Waals surface area contributed by atoms with Gasteiger partial charge in [0.05, 0.1) is 0 Å². The SMILES string of the molecule is Nc1ccc(O)c(S(=O)(=O)O)c1-c1cccc2ccccc12. The zero-order chi connectivity index (χ0) is 15.9. The molecule has 4 N–H and O–H groups in total. The molecule has 0 aliphatic heterocycles. The van der Waals surface area contributed by atoms with Crippen molar-refractivity contribution in [3.05, 3.63) is 54.6 Å². The molecule has 0 atom stereocenters. The van der Waals surface area contributed by atoms with Crippen LogP contribution in [0.4, 0.5) is 5.69 Å². The number of hydrogen-bond donors (Lipinski definition) is 3. The summed E-state index contributed by atoms with van der Waals surface area (Å²) in [5.74, 6) is -0.542. The first kappa shape index (κ1) is 14.4. The highest BCUT2D eigenvalue weighted by Gasteiger charge is 2.24. The van der Waals surface area contributed by atoms with Crippen molar-refractivity contribution in [1.29, 1.82) is 0 Å². The van der Waals surface area contributed by atoms with Crippen LogP contribution in [0.15, 0.2) is 59.5 Å². The van der Waals surface area contributed by atoms with Crippen molar-refractivity contribution in [3.63, 3.8) is 0 Å². The van der Waals surface area contributed by atoms with E-state index in [0.717, 1.165) is 16.8 Å². The average Bonchev–Trinajstić information content (AvgIpc) is 2.47. The minimum Gasteiger partial charge on any atom is -0.506 e. The number of phenols is 1. The van der Waals surface area contributed by atoms with Crippen LogP contribution in [0.2, 0.25) is 0 Å². The predicted molar refractivity (Wildman–Crippen MR) is 85.3 cm³/mol. The molecular formula is C16H13NO4S. The van der Waals surface area contributed by atoms with E-state index < -0.39 is 20.8 Å². The summed E-state index contributed by atoms with van der Waals surface area (Å²) in [5.41, 5.74) is 6.70. The van der Waals surface area contributed by atoms with E-state index in [1.54, 1.807) is 12.1 Å². The lowest BCUT2D eigenvalue weighted by atomic mass is 9.97. The molecule has 0 radical (unpaired) electrons. The molecular weight excluding hydrogens is 302 g/mol. The quantitative estimate of drug-likeness (QED) is 0.383. The third kappa shape index (κ3) is 2.28. The largest absolute Gasteiger partial charge is 0.506 e. The standard InChI is InChI=1S/C16H13NO4S/c17-13-8-9-14(18)16(22(19,20)21)15(13)12-7-3-5-10-4-1-2-6-11(10)12/h1-9,18H,17H2,(H,19,20,21). The molecule has 6 heteroatoms. The molecule has 0 saturated heterocycles. The van der Waals surface area contributed by atoms with Gasteiger partial charge in [-0.3, -0.25) is 4.55 Å². The second kappa shape index (κ2) is 5.01. The minimum absolute atomic E-state index is 0.0966. The Morgan fingerprint density at radius 1 is 0.909 bits per heavy atom. The molecule has 22 heavy (non-hydrogen) atoms. The molecule has 0 aromatic heterocycles. The molecule has 0 aliphatic carbocycles. The van der Waals surface area contributed by atoms with Gasteiger partial charge in [0.15, 0.2) is 0 Å². The number of nitrogen functional groups attached to an aromatic ring is 1. The van der Waals surface area contributed by atoms with Gasteiger partial charge in [0, 0.05) is 11.3 Å². The van der Waals surface area contributed by atoms with Crippen LogP contribution in [0.1, 0.15) is 0 Å². The molecule has 0 spiro atoms. The van der Waals surface area contributed by atoms with Crippen LogP contribution in [0.3, 0.4) is 0 Å². The molecule has 0 amide bonds. The van der Waals surface area contributed by atoms with E-state index in [2.05, 4.69) is 0 Å². The summed E-state index contributed by atoms with van der Waals surface area (Å²) in [5, 5.41) is 11.6. The third-order valence-corrected chi connectivity index (χ3v) is 4.42. The Kier molecular flexibility index (Phi) is 3.27. The Balaban J connectivity index is 2.49. The van der Waals surface area contributed by atoms with Gasteiger partial charge < -0.3 is 10.8 Å². The number of anilines is 1. The minimum atomic E-state index is -4.63. The molecule has 0 unspecified atom stereocenters.